The number of sulfonamides is 1. The maximum atomic E-state index is 11.7. The number of nitrogens with one attached hydrogen (secondary N) is 2. The molecular formula is C12H14N2O4S. The highest BCUT2D eigenvalue weighted by Gasteiger charge is 2.20. The van der Waals surface area contributed by atoms with E-state index in [2.05, 4.69) is 16.6 Å². The molecule has 0 saturated heterocycles. The van der Waals surface area contributed by atoms with Crippen molar-refractivity contribution in [3.8, 4) is 0 Å². The summed E-state index contributed by atoms with van der Waals surface area (Å²) in [6.45, 7) is 3.36. The molecule has 0 aliphatic rings. The Kier molecular flexibility index (Phi) is 5.13. The van der Waals surface area contributed by atoms with E-state index in [1.54, 1.807) is 30.3 Å². The van der Waals surface area contributed by atoms with Gasteiger partial charge in [0.15, 0.2) is 0 Å². The first kappa shape index (κ1) is 14.8. The molecule has 2 N–H and O–H groups in total. The quantitative estimate of drug-likeness (QED) is 0.637. The monoisotopic (exact) mass is 282 g/mol. The summed E-state index contributed by atoms with van der Waals surface area (Å²) in [4.78, 5) is 11.5. The Morgan fingerprint density at radius 3 is 2.47 bits per heavy atom. The predicted octanol–water partition coefficient (Wildman–Crippen LogP) is 1.81. The van der Waals surface area contributed by atoms with E-state index in [4.69, 9.17) is 0 Å². The van der Waals surface area contributed by atoms with Gasteiger partial charge in [0, 0.05) is 5.69 Å². The van der Waals surface area contributed by atoms with Gasteiger partial charge in [0.05, 0.1) is 7.11 Å². The Labute approximate surface area is 111 Å². The van der Waals surface area contributed by atoms with Crippen molar-refractivity contribution >= 4 is 21.7 Å². The zero-order valence-corrected chi connectivity index (χ0v) is 11.1. The minimum atomic E-state index is -4.05. The van der Waals surface area contributed by atoms with Gasteiger partial charge >= 0.3 is 6.03 Å². The molecule has 0 fully saturated rings. The number of urea groups is 1. The fourth-order valence-corrected chi connectivity index (χ4v) is 2.10. The first-order valence-electron chi connectivity index (χ1n) is 5.25. The number of carbonyl (C=O) groups is 1. The lowest BCUT2D eigenvalue weighted by atomic mass is 10.3. The molecule has 7 heteroatoms. The van der Waals surface area contributed by atoms with Crippen LogP contribution in [-0.2, 0) is 14.8 Å². The largest absolute Gasteiger partial charge is 0.485 e. The molecule has 0 radical (unpaired) electrons. The number of anilines is 1. The van der Waals surface area contributed by atoms with Crippen LogP contribution in [0.3, 0.4) is 0 Å². The SMILES string of the molecule is C=C/C=C(\OC)S(=O)(=O)NC(=O)Nc1ccccc1. The second kappa shape index (κ2) is 6.60. The molecule has 1 rings (SSSR count). The van der Waals surface area contributed by atoms with E-state index in [0.717, 1.165) is 6.08 Å². The average Bonchev–Trinajstić information content (AvgIpc) is 2.36. The van der Waals surface area contributed by atoms with Crippen LogP contribution in [0, 0.1) is 0 Å². The van der Waals surface area contributed by atoms with E-state index in [0.29, 0.717) is 5.69 Å². The highest BCUT2D eigenvalue weighted by atomic mass is 32.2. The number of methoxy groups -OCH3 is 1. The summed E-state index contributed by atoms with van der Waals surface area (Å²) in [6.07, 6.45) is 2.38. The van der Waals surface area contributed by atoms with Crippen molar-refractivity contribution in [3.63, 3.8) is 0 Å². The summed E-state index contributed by atoms with van der Waals surface area (Å²) in [5, 5.41) is 1.98. The molecule has 2 amide bonds. The summed E-state index contributed by atoms with van der Waals surface area (Å²) < 4.78 is 30.0. The van der Waals surface area contributed by atoms with Gasteiger partial charge in [0.25, 0.3) is 10.0 Å². The third-order valence-corrected chi connectivity index (χ3v) is 3.27. The summed E-state index contributed by atoms with van der Waals surface area (Å²) in [5.41, 5.74) is 0.474. The van der Waals surface area contributed by atoms with Gasteiger partial charge < -0.3 is 10.1 Å². The first-order chi connectivity index (χ1) is 8.99. The second-order valence-electron chi connectivity index (χ2n) is 3.35. The molecule has 19 heavy (non-hydrogen) atoms. The Bertz CT molecular complexity index is 579. The minimum Gasteiger partial charge on any atom is -0.485 e. The molecule has 6 nitrogen and oxygen atoms in total. The van der Waals surface area contributed by atoms with Crippen molar-refractivity contribution in [1.29, 1.82) is 0 Å². The smallest absolute Gasteiger partial charge is 0.333 e. The summed E-state index contributed by atoms with van der Waals surface area (Å²) >= 11 is 0. The molecule has 0 bridgehead atoms. The number of benzene rings is 1. The number of allylic oxidation sites excluding steroid dienone is 2. The van der Waals surface area contributed by atoms with Crippen LogP contribution in [0.2, 0.25) is 0 Å². The molecule has 0 aromatic heterocycles. The number of amides is 2. The molecule has 0 spiro atoms. The molecule has 0 unspecified atom stereocenters. The van der Waals surface area contributed by atoms with Crippen LogP contribution in [0.25, 0.3) is 0 Å². The van der Waals surface area contributed by atoms with Crippen LogP contribution in [0.5, 0.6) is 0 Å². The number of hydrogen-bond acceptors (Lipinski definition) is 4. The third kappa shape index (κ3) is 4.47. The minimum absolute atomic E-state index is 0.397. The predicted molar refractivity (Wildman–Crippen MR) is 72.8 cm³/mol. The van der Waals surface area contributed by atoms with E-state index in [-0.39, 0.29) is 0 Å². The van der Waals surface area contributed by atoms with Crippen molar-refractivity contribution < 1.29 is 17.9 Å². The Morgan fingerprint density at radius 1 is 1.32 bits per heavy atom. The molecular weight excluding hydrogens is 268 g/mol. The standard InChI is InChI=1S/C12H14N2O4S/c1-3-7-11(18-2)19(16,17)14-12(15)13-10-8-5-4-6-9-10/h3-9H,1H2,2H3,(H2,13,14,15)/b11-7+. The molecule has 1 aromatic rings. The number of carbonyl (C=O) groups excluding carboxylic acids is 1. The molecule has 0 aliphatic heterocycles. The Hall–Kier alpha value is -2.28. The van der Waals surface area contributed by atoms with Gasteiger partial charge in [-0.2, -0.15) is 8.42 Å². The summed E-state index contributed by atoms with van der Waals surface area (Å²) in [7, 11) is -2.86. The Balaban J connectivity index is 2.76. The fraction of sp³-hybridized carbons (Fsp3) is 0.0833. The molecule has 0 heterocycles. The number of ether oxygens (including phenoxy) is 1. The van der Waals surface area contributed by atoms with Gasteiger partial charge in [-0.25, -0.2) is 9.52 Å². The fourth-order valence-electron chi connectivity index (χ4n) is 1.21. The van der Waals surface area contributed by atoms with E-state index in [1.165, 1.54) is 13.2 Å². The zero-order valence-electron chi connectivity index (χ0n) is 10.3. The van der Waals surface area contributed by atoms with Gasteiger partial charge in [-0.3, -0.25) is 0 Å². The van der Waals surface area contributed by atoms with Gasteiger partial charge in [-0.15, -0.1) is 0 Å². The highest BCUT2D eigenvalue weighted by molar-refractivity contribution is 7.93. The number of rotatable bonds is 5. The van der Waals surface area contributed by atoms with Crippen molar-refractivity contribution in [1.82, 2.24) is 4.72 Å². The molecule has 1 aromatic carbocycles. The zero-order chi connectivity index (χ0) is 14.3. The maximum absolute atomic E-state index is 11.7. The lowest BCUT2D eigenvalue weighted by Crippen LogP contribution is -2.35. The van der Waals surface area contributed by atoms with Crippen LogP contribution in [0.1, 0.15) is 0 Å². The highest BCUT2D eigenvalue weighted by Crippen LogP contribution is 2.07. The van der Waals surface area contributed by atoms with Crippen molar-refractivity contribution in [2.45, 2.75) is 0 Å². The molecule has 0 atom stereocenters. The molecule has 102 valence electrons. The van der Waals surface area contributed by atoms with Crippen LogP contribution < -0.4 is 10.0 Å². The lowest BCUT2D eigenvalue weighted by Gasteiger charge is -2.09. The molecule has 0 aliphatic carbocycles. The van der Waals surface area contributed by atoms with Crippen molar-refractivity contribution in [3.05, 3.63) is 54.2 Å². The number of para-hydroxylation sites is 1. The lowest BCUT2D eigenvalue weighted by molar-refractivity contribution is 0.256. The second-order valence-corrected chi connectivity index (χ2v) is 4.96. The van der Waals surface area contributed by atoms with Crippen molar-refractivity contribution in [2.75, 3.05) is 12.4 Å². The number of hydrogen-bond donors (Lipinski definition) is 2. The third-order valence-electron chi connectivity index (χ3n) is 1.98. The normalized spacial score (nSPS) is 11.5. The summed E-state index contributed by atoms with van der Waals surface area (Å²) in [6, 6.07) is 7.57. The van der Waals surface area contributed by atoms with E-state index < -0.39 is 21.1 Å². The van der Waals surface area contributed by atoms with E-state index >= 15 is 0 Å². The van der Waals surface area contributed by atoms with Gasteiger partial charge in [0.2, 0.25) is 5.09 Å². The molecule has 0 saturated carbocycles. The summed E-state index contributed by atoms with van der Waals surface area (Å²) in [5.74, 6) is 0. The van der Waals surface area contributed by atoms with Gasteiger partial charge in [-0.05, 0) is 18.2 Å². The van der Waals surface area contributed by atoms with Gasteiger partial charge in [-0.1, -0.05) is 30.9 Å². The van der Waals surface area contributed by atoms with Crippen molar-refractivity contribution in [2.24, 2.45) is 0 Å². The van der Waals surface area contributed by atoms with Crippen LogP contribution in [0.15, 0.2) is 54.2 Å². The van der Waals surface area contributed by atoms with Crippen LogP contribution in [-0.4, -0.2) is 21.6 Å². The van der Waals surface area contributed by atoms with Crippen LogP contribution in [0.4, 0.5) is 10.5 Å². The first-order valence-corrected chi connectivity index (χ1v) is 6.73. The maximum Gasteiger partial charge on any atom is 0.333 e. The average molecular weight is 282 g/mol. The van der Waals surface area contributed by atoms with E-state index in [1.807, 2.05) is 4.72 Å². The van der Waals surface area contributed by atoms with Crippen LogP contribution >= 0.6 is 0 Å². The van der Waals surface area contributed by atoms with Gasteiger partial charge in [0.1, 0.15) is 0 Å². The van der Waals surface area contributed by atoms with E-state index in [9.17, 15) is 13.2 Å². The topological polar surface area (TPSA) is 84.5 Å². The Morgan fingerprint density at radius 2 is 1.95 bits per heavy atom.